The number of ether oxygens (including phenoxy) is 1. The molecule has 0 radical (unpaired) electrons. The van der Waals surface area contributed by atoms with E-state index in [2.05, 4.69) is 40.7 Å². The number of aromatic amines is 1. The van der Waals surface area contributed by atoms with Gasteiger partial charge in [0.25, 0.3) is 0 Å². The van der Waals surface area contributed by atoms with Crippen LogP contribution in [0, 0.1) is 34.9 Å². The molecule has 0 aliphatic heterocycles. The molecule has 1 saturated carbocycles. The molecular weight excluding hydrogens is 429 g/mol. The summed E-state index contributed by atoms with van der Waals surface area (Å²) in [6.07, 6.45) is 6.60. The average molecular weight is 454 g/mol. The highest BCUT2D eigenvalue weighted by Crippen LogP contribution is 2.35. The van der Waals surface area contributed by atoms with Gasteiger partial charge in [-0.15, -0.1) is 0 Å². The SMILES string of the molecule is CC(C)[C@@H]1CC[C@@H](C)[C@@H](Oc2ncc(-c3[nH]c(-c4c(F)cccc4Cl)nc3C#N)cn2)C1. The van der Waals surface area contributed by atoms with Crippen molar-refractivity contribution in [3.8, 4) is 34.7 Å². The van der Waals surface area contributed by atoms with Crippen LogP contribution in [0.5, 0.6) is 6.01 Å². The summed E-state index contributed by atoms with van der Waals surface area (Å²) in [6.45, 7) is 6.71. The summed E-state index contributed by atoms with van der Waals surface area (Å²) in [7, 11) is 0. The summed E-state index contributed by atoms with van der Waals surface area (Å²) < 4.78 is 20.4. The maximum absolute atomic E-state index is 14.3. The van der Waals surface area contributed by atoms with Crippen LogP contribution in [-0.2, 0) is 0 Å². The first-order valence-corrected chi connectivity index (χ1v) is 11.2. The van der Waals surface area contributed by atoms with E-state index in [0.29, 0.717) is 35.0 Å². The lowest BCUT2D eigenvalue weighted by Gasteiger charge is -2.35. The predicted molar refractivity (Wildman–Crippen MR) is 120 cm³/mol. The van der Waals surface area contributed by atoms with Crippen molar-refractivity contribution in [3.63, 3.8) is 0 Å². The molecule has 0 spiro atoms. The summed E-state index contributed by atoms with van der Waals surface area (Å²) in [5.41, 5.74) is 1.18. The van der Waals surface area contributed by atoms with Gasteiger partial charge in [-0.3, -0.25) is 0 Å². The third-order valence-corrected chi connectivity index (χ3v) is 6.60. The number of benzene rings is 1. The van der Waals surface area contributed by atoms with Gasteiger partial charge in [-0.25, -0.2) is 19.3 Å². The third-order valence-electron chi connectivity index (χ3n) is 6.29. The second-order valence-electron chi connectivity index (χ2n) is 8.72. The van der Waals surface area contributed by atoms with E-state index in [1.54, 1.807) is 18.5 Å². The van der Waals surface area contributed by atoms with Gasteiger partial charge in [0.2, 0.25) is 0 Å². The first kappa shape index (κ1) is 22.2. The molecule has 0 unspecified atom stereocenters. The maximum Gasteiger partial charge on any atom is 0.316 e. The van der Waals surface area contributed by atoms with Crippen molar-refractivity contribution in [2.45, 2.75) is 46.1 Å². The summed E-state index contributed by atoms with van der Waals surface area (Å²) in [5, 5.41) is 9.73. The number of halogens is 2. The molecule has 1 aliphatic carbocycles. The Labute approximate surface area is 191 Å². The molecule has 0 saturated heterocycles. The highest BCUT2D eigenvalue weighted by molar-refractivity contribution is 6.33. The molecule has 166 valence electrons. The van der Waals surface area contributed by atoms with Gasteiger partial charge in [0.15, 0.2) is 5.69 Å². The molecule has 2 heterocycles. The summed E-state index contributed by atoms with van der Waals surface area (Å²) in [4.78, 5) is 15.9. The summed E-state index contributed by atoms with van der Waals surface area (Å²) in [6, 6.07) is 6.72. The van der Waals surface area contributed by atoms with Gasteiger partial charge in [-0.2, -0.15) is 5.26 Å². The van der Waals surface area contributed by atoms with Crippen LogP contribution in [0.15, 0.2) is 30.6 Å². The van der Waals surface area contributed by atoms with Gasteiger partial charge in [-0.05, 0) is 49.1 Å². The zero-order chi connectivity index (χ0) is 22.8. The van der Waals surface area contributed by atoms with Crippen molar-refractivity contribution < 1.29 is 9.13 Å². The monoisotopic (exact) mass is 453 g/mol. The van der Waals surface area contributed by atoms with Crippen molar-refractivity contribution in [3.05, 3.63) is 47.1 Å². The molecule has 1 aliphatic rings. The van der Waals surface area contributed by atoms with E-state index in [1.165, 1.54) is 18.6 Å². The topological polar surface area (TPSA) is 87.5 Å². The van der Waals surface area contributed by atoms with Crippen LogP contribution in [0.25, 0.3) is 22.6 Å². The molecule has 6 nitrogen and oxygen atoms in total. The predicted octanol–water partition coefficient (Wildman–Crippen LogP) is 6.04. The van der Waals surface area contributed by atoms with Crippen molar-refractivity contribution >= 4 is 11.6 Å². The zero-order valence-corrected chi connectivity index (χ0v) is 19.0. The van der Waals surface area contributed by atoms with Gasteiger partial charge < -0.3 is 9.72 Å². The first-order chi connectivity index (χ1) is 15.4. The number of hydrogen-bond donors (Lipinski definition) is 1. The fourth-order valence-corrected chi connectivity index (χ4v) is 4.48. The Kier molecular flexibility index (Phi) is 6.43. The number of nitrogens with zero attached hydrogens (tertiary/aromatic N) is 4. The Balaban J connectivity index is 1.57. The number of imidazole rings is 1. The Morgan fingerprint density at radius 3 is 2.66 bits per heavy atom. The molecular formula is C24H25ClFN5O. The Hall–Kier alpha value is -2.98. The van der Waals surface area contributed by atoms with Crippen LogP contribution in [0.3, 0.4) is 0 Å². The minimum absolute atomic E-state index is 0.0821. The van der Waals surface area contributed by atoms with Gasteiger partial charge in [-0.1, -0.05) is 38.4 Å². The summed E-state index contributed by atoms with van der Waals surface area (Å²) >= 11 is 6.15. The van der Waals surface area contributed by atoms with Gasteiger partial charge in [0, 0.05) is 18.0 Å². The lowest BCUT2D eigenvalue weighted by atomic mass is 9.76. The minimum Gasteiger partial charge on any atom is -0.460 e. The minimum atomic E-state index is -0.524. The van der Waals surface area contributed by atoms with Crippen LogP contribution < -0.4 is 4.74 Å². The van der Waals surface area contributed by atoms with Crippen LogP contribution in [0.4, 0.5) is 4.39 Å². The van der Waals surface area contributed by atoms with Crippen LogP contribution in [0.1, 0.15) is 45.7 Å². The van der Waals surface area contributed by atoms with Crippen molar-refractivity contribution in [2.75, 3.05) is 0 Å². The smallest absolute Gasteiger partial charge is 0.316 e. The van der Waals surface area contributed by atoms with Crippen LogP contribution >= 0.6 is 11.6 Å². The largest absolute Gasteiger partial charge is 0.460 e. The van der Waals surface area contributed by atoms with E-state index < -0.39 is 5.82 Å². The molecule has 2 aromatic heterocycles. The quantitative estimate of drug-likeness (QED) is 0.509. The molecule has 0 bridgehead atoms. The Morgan fingerprint density at radius 2 is 2.00 bits per heavy atom. The average Bonchev–Trinajstić information content (AvgIpc) is 3.19. The van der Waals surface area contributed by atoms with Gasteiger partial charge in [0.1, 0.15) is 23.8 Å². The van der Waals surface area contributed by atoms with Crippen molar-refractivity contribution in [1.82, 2.24) is 19.9 Å². The molecule has 1 N–H and O–H groups in total. The molecule has 3 aromatic rings. The number of nitriles is 1. The number of hydrogen-bond acceptors (Lipinski definition) is 5. The van der Waals surface area contributed by atoms with E-state index in [-0.39, 0.29) is 28.2 Å². The summed E-state index contributed by atoms with van der Waals surface area (Å²) in [5.74, 6) is 1.36. The highest BCUT2D eigenvalue weighted by Gasteiger charge is 2.31. The second-order valence-corrected chi connectivity index (χ2v) is 9.13. The molecule has 1 fully saturated rings. The Bertz CT molecular complexity index is 1120. The Morgan fingerprint density at radius 1 is 1.25 bits per heavy atom. The van der Waals surface area contributed by atoms with E-state index in [4.69, 9.17) is 16.3 Å². The lowest BCUT2D eigenvalue weighted by Crippen LogP contribution is -2.34. The third kappa shape index (κ3) is 4.46. The van der Waals surface area contributed by atoms with E-state index in [0.717, 1.165) is 12.8 Å². The van der Waals surface area contributed by atoms with Crippen molar-refractivity contribution in [1.29, 1.82) is 5.26 Å². The number of nitrogens with one attached hydrogen (secondary N) is 1. The maximum atomic E-state index is 14.3. The van der Waals surface area contributed by atoms with Gasteiger partial charge >= 0.3 is 6.01 Å². The lowest BCUT2D eigenvalue weighted by molar-refractivity contribution is 0.0531. The molecule has 8 heteroatoms. The molecule has 1 aromatic carbocycles. The number of rotatable bonds is 5. The fraction of sp³-hybridized carbons (Fsp3) is 0.417. The first-order valence-electron chi connectivity index (χ1n) is 10.8. The van der Waals surface area contributed by atoms with Gasteiger partial charge in [0.05, 0.1) is 16.3 Å². The van der Waals surface area contributed by atoms with Crippen molar-refractivity contribution in [2.24, 2.45) is 17.8 Å². The molecule has 0 amide bonds. The molecule has 3 atom stereocenters. The number of H-pyrrole nitrogens is 1. The molecule has 32 heavy (non-hydrogen) atoms. The standard InChI is InChI=1S/C24H25ClFN5O/c1-13(2)15-8-7-14(3)20(9-15)32-24-28-11-16(12-29-24)22-19(10-27)30-23(31-22)21-17(25)5-4-6-18(21)26/h4-6,11-15,20H,7-9H2,1-3H3,(H,30,31)/t14-,15-,20+/m1/s1. The second kappa shape index (κ2) is 9.25. The normalized spacial score (nSPS) is 20.8. The van der Waals surface area contributed by atoms with Crippen LogP contribution in [0.2, 0.25) is 5.02 Å². The highest BCUT2D eigenvalue weighted by atomic mass is 35.5. The number of aromatic nitrogens is 4. The fourth-order valence-electron chi connectivity index (χ4n) is 4.23. The van der Waals surface area contributed by atoms with E-state index in [1.807, 2.05) is 6.07 Å². The van der Waals surface area contributed by atoms with Crippen LogP contribution in [-0.4, -0.2) is 26.0 Å². The molecule has 4 rings (SSSR count). The zero-order valence-electron chi connectivity index (χ0n) is 18.3. The van der Waals surface area contributed by atoms with E-state index in [9.17, 15) is 9.65 Å². The van der Waals surface area contributed by atoms with E-state index >= 15 is 0 Å².